The van der Waals surface area contributed by atoms with Crippen LogP contribution in [0.15, 0.2) is 24.3 Å². The molecule has 6 heteroatoms. The van der Waals surface area contributed by atoms with E-state index < -0.39 is 14.7 Å². The molecule has 1 atom stereocenters. The molecule has 1 aromatic rings. The van der Waals surface area contributed by atoms with Crippen molar-refractivity contribution in [3.8, 4) is 0 Å². The summed E-state index contributed by atoms with van der Waals surface area (Å²) in [6.07, 6.45) is -0.154. The van der Waals surface area contributed by atoms with Crippen molar-refractivity contribution in [2.24, 2.45) is 0 Å². The quantitative estimate of drug-likeness (QED) is 0.544. The summed E-state index contributed by atoms with van der Waals surface area (Å²) in [5.74, 6) is 0. The van der Waals surface area contributed by atoms with Crippen LogP contribution >= 0.6 is 8.60 Å². The van der Waals surface area contributed by atoms with E-state index in [2.05, 4.69) is 20.8 Å². The maximum absolute atomic E-state index is 9.65. The zero-order valence-corrected chi connectivity index (χ0v) is 12.4. The summed E-state index contributed by atoms with van der Waals surface area (Å²) < 4.78 is 0. The highest BCUT2D eigenvalue weighted by Gasteiger charge is 2.14. The van der Waals surface area contributed by atoms with E-state index in [0.29, 0.717) is 6.42 Å². The van der Waals surface area contributed by atoms with Gasteiger partial charge in [-0.1, -0.05) is 45.0 Å². The Hall–Kier alpha value is -0.550. The van der Waals surface area contributed by atoms with E-state index in [1.54, 1.807) is 0 Å². The fraction of sp³-hybridized carbons (Fsp3) is 0.538. The van der Waals surface area contributed by atoms with E-state index in [-0.39, 0.29) is 12.0 Å². The number of hydrogen-bond donors (Lipinski definition) is 5. The molecule has 1 aromatic carbocycles. The molecule has 0 saturated heterocycles. The molecule has 0 aliphatic carbocycles. The van der Waals surface area contributed by atoms with Gasteiger partial charge in [-0.3, -0.25) is 0 Å². The first kappa shape index (κ1) is 18.4. The molecule has 0 spiro atoms. The first-order chi connectivity index (χ1) is 8.68. The van der Waals surface area contributed by atoms with Gasteiger partial charge in [0.1, 0.15) is 0 Å². The molecule has 0 aliphatic rings. The molecule has 0 radical (unpaired) electrons. The standard InChI is InChI=1S/C13H20O2.H3O3P/c1-13(2,3)11-6-4-10(5-7-11)12(15)8-9-14;1-4(2)3/h4-7,12,14-15H,8-9H2,1-3H3;1-3H. The summed E-state index contributed by atoms with van der Waals surface area (Å²) in [5, 5.41) is 18.4. The van der Waals surface area contributed by atoms with Crippen LogP contribution in [0.3, 0.4) is 0 Å². The lowest BCUT2D eigenvalue weighted by Crippen LogP contribution is -2.11. The number of aliphatic hydroxyl groups is 2. The van der Waals surface area contributed by atoms with E-state index in [0.717, 1.165) is 5.56 Å². The first-order valence-corrected chi connectivity index (χ1v) is 7.14. The van der Waals surface area contributed by atoms with Gasteiger partial charge in [0.15, 0.2) is 0 Å². The van der Waals surface area contributed by atoms with E-state index >= 15 is 0 Å². The van der Waals surface area contributed by atoms with Gasteiger partial charge in [-0.25, -0.2) is 0 Å². The Morgan fingerprint density at radius 2 is 1.47 bits per heavy atom. The zero-order chi connectivity index (χ0) is 15.1. The van der Waals surface area contributed by atoms with Crippen LogP contribution in [0.1, 0.15) is 44.4 Å². The minimum absolute atomic E-state index is 0.0161. The molecule has 0 saturated carbocycles. The van der Waals surface area contributed by atoms with Gasteiger partial charge in [0.2, 0.25) is 0 Å². The lowest BCUT2D eigenvalue weighted by atomic mass is 9.86. The van der Waals surface area contributed by atoms with Crippen molar-refractivity contribution < 1.29 is 24.9 Å². The largest absolute Gasteiger partial charge is 0.396 e. The van der Waals surface area contributed by atoms with Crippen molar-refractivity contribution in [1.82, 2.24) is 0 Å². The number of benzene rings is 1. The van der Waals surface area contributed by atoms with E-state index in [1.807, 2.05) is 24.3 Å². The average Bonchev–Trinajstić information content (AvgIpc) is 2.27. The van der Waals surface area contributed by atoms with Crippen molar-refractivity contribution in [2.75, 3.05) is 6.61 Å². The summed E-state index contributed by atoms with van der Waals surface area (Å²) in [5.41, 5.74) is 2.26. The Morgan fingerprint density at radius 1 is 1.05 bits per heavy atom. The predicted molar refractivity (Wildman–Crippen MR) is 75.4 cm³/mol. The summed E-state index contributed by atoms with van der Waals surface area (Å²) in [7, 11) is -2.62. The molecule has 0 heterocycles. The predicted octanol–water partition coefficient (Wildman–Crippen LogP) is 1.59. The van der Waals surface area contributed by atoms with Crippen LogP contribution < -0.4 is 0 Å². The van der Waals surface area contributed by atoms with Crippen LogP contribution in [-0.4, -0.2) is 31.5 Å². The molecule has 0 fully saturated rings. The molecule has 5 nitrogen and oxygen atoms in total. The van der Waals surface area contributed by atoms with E-state index in [1.165, 1.54) is 5.56 Å². The molecular weight excluding hydrogens is 267 g/mol. The van der Waals surface area contributed by atoms with Crippen LogP contribution in [0.2, 0.25) is 0 Å². The van der Waals surface area contributed by atoms with E-state index in [9.17, 15) is 5.11 Å². The second-order valence-corrected chi connectivity index (χ2v) is 5.71. The lowest BCUT2D eigenvalue weighted by Gasteiger charge is -2.19. The third kappa shape index (κ3) is 8.26. The van der Waals surface area contributed by atoms with Gasteiger partial charge in [-0.05, 0) is 16.5 Å². The third-order valence-electron chi connectivity index (χ3n) is 2.56. The van der Waals surface area contributed by atoms with Gasteiger partial charge in [0.25, 0.3) is 0 Å². The van der Waals surface area contributed by atoms with Crippen molar-refractivity contribution in [3.05, 3.63) is 35.4 Å². The highest BCUT2D eigenvalue weighted by molar-refractivity contribution is 7.38. The molecule has 110 valence electrons. The molecule has 0 aromatic heterocycles. The molecule has 0 aliphatic heterocycles. The highest BCUT2D eigenvalue weighted by Crippen LogP contribution is 2.24. The van der Waals surface area contributed by atoms with Crippen molar-refractivity contribution in [3.63, 3.8) is 0 Å². The summed E-state index contributed by atoms with van der Waals surface area (Å²) >= 11 is 0. The topological polar surface area (TPSA) is 101 Å². The van der Waals surface area contributed by atoms with Gasteiger partial charge in [0.05, 0.1) is 6.10 Å². The van der Waals surface area contributed by atoms with Gasteiger partial charge in [-0.15, -0.1) is 0 Å². The van der Waals surface area contributed by atoms with Gasteiger partial charge < -0.3 is 24.9 Å². The Bertz CT molecular complexity index is 342. The molecule has 5 N–H and O–H groups in total. The average molecular weight is 290 g/mol. The van der Waals surface area contributed by atoms with E-state index in [4.69, 9.17) is 19.8 Å². The number of aliphatic hydroxyl groups excluding tert-OH is 2. The Labute approximate surface area is 115 Å². The maximum Gasteiger partial charge on any atom is 0.324 e. The fourth-order valence-corrected chi connectivity index (χ4v) is 1.49. The molecular formula is C13H23O5P. The Balaban J connectivity index is 0.000000711. The minimum Gasteiger partial charge on any atom is -0.396 e. The Kier molecular flexibility index (Phi) is 8.34. The third-order valence-corrected chi connectivity index (χ3v) is 2.56. The Morgan fingerprint density at radius 3 is 1.79 bits per heavy atom. The van der Waals surface area contributed by atoms with Gasteiger partial charge in [-0.2, -0.15) is 0 Å². The first-order valence-electron chi connectivity index (χ1n) is 5.94. The van der Waals surface area contributed by atoms with Gasteiger partial charge >= 0.3 is 8.60 Å². The second-order valence-electron chi connectivity index (χ2n) is 5.17. The fourth-order valence-electron chi connectivity index (χ4n) is 1.49. The van der Waals surface area contributed by atoms with Crippen LogP contribution in [0.5, 0.6) is 0 Å². The van der Waals surface area contributed by atoms with Crippen molar-refractivity contribution in [1.29, 1.82) is 0 Å². The molecule has 19 heavy (non-hydrogen) atoms. The maximum atomic E-state index is 9.65. The van der Waals surface area contributed by atoms with Crippen molar-refractivity contribution in [2.45, 2.75) is 38.7 Å². The lowest BCUT2D eigenvalue weighted by molar-refractivity contribution is 0.134. The van der Waals surface area contributed by atoms with Crippen LogP contribution in [0.25, 0.3) is 0 Å². The molecule has 0 bridgehead atoms. The summed E-state index contributed by atoms with van der Waals surface area (Å²) in [4.78, 5) is 21.7. The minimum atomic E-state index is -2.62. The molecule has 0 amide bonds. The van der Waals surface area contributed by atoms with Gasteiger partial charge in [0, 0.05) is 13.0 Å². The van der Waals surface area contributed by atoms with Crippen molar-refractivity contribution >= 4 is 8.60 Å². The van der Waals surface area contributed by atoms with Crippen LogP contribution in [0.4, 0.5) is 0 Å². The molecule has 1 unspecified atom stereocenters. The summed E-state index contributed by atoms with van der Waals surface area (Å²) in [6, 6.07) is 7.94. The SMILES string of the molecule is CC(C)(C)c1ccc(C(O)CCO)cc1.OP(O)O. The number of rotatable bonds is 3. The molecule has 1 rings (SSSR count). The highest BCUT2D eigenvalue weighted by atomic mass is 31.2. The monoisotopic (exact) mass is 290 g/mol. The second kappa shape index (κ2) is 8.59. The summed E-state index contributed by atoms with van der Waals surface area (Å²) in [6.45, 7) is 6.49. The smallest absolute Gasteiger partial charge is 0.324 e. The zero-order valence-electron chi connectivity index (χ0n) is 11.5. The normalized spacial score (nSPS) is 12.9. The number of hydrogen-bond acceptors (Lipinski definition) is 5. The van der Waals surface area contributed by atoms with Crippen LogP contribution in [0, 0.1) is 0 Å². The van der Waals surface area contributed by atoms with Crippen LogP contribution in [-0.2, 0) is 5.41 Å².